The number of fused-ring (bicyclic) bond motifs is 2. The van der Waals surface area contributed by atoms with E-state index >= 15 is 0 Å². The van der Waals surface area contributed by atoms with Gasteiger partial charge in [0.1, 0.15) is 36.1 Å². The second-order valence-corrected chi connectivity index (χ2v) is 16.6. The van der Waals surface area contributed by atoms with Crippen LogP contribution in [-0.2, 0) is 45.4 Å². The third kappa shape index (κ3) is 14.4. The number of carbonyl (C=O) groups is 6. The molecule has 8 rings (SSSR count). The van der Waals surface area contributed by atoms with Crippen LogP contribution in [0.4, 0.5) is 13.2 Å². The van der Waals surface area contributed by atoms with E-state index in [2.05, 4.69) is 20.8 Å². The molecule has 0 radical (unpaired) electrons. The molecule has 0 bridgehead atoms. The fourth-order valence-electron chi connectivity index (χ4n) is 6.97. The van der Waals surface area contributed by atoms with Crippen molar-refractivity contribution in [2.24, 2.45) is 5.92 Å². The second kappa shape index (κ2) is 24.3. The van der Waals surface area contributed by atoms with Gasteiger partial charge in [0, 0.05) is 61.3 Å². The number of nitrogens with one attached hydrogen (secondary N) is 2. The molecule has 2 fully saturated rings. The number of carbonyl (C=O) groups excluding carboxylic acids is 5. The van der Waals surface area contributed by atoms with Gasteiger partial charge in [0.05, 0.1) is 36.1 Å². The van der Waals surface area contributed by atoms with E-state index in [-0.39, 0.29) is 83.7 Å². The molecule has 6 aromatic rings. The van der Waals surface area contributed by atoms with Gasteiger partial charge in [-0.25, -0.2) is 8.78 Å². The van der Waals surface area contributed by atoms with E-state index in [1.807, 2.05) is 12.1 Å². The lowest BCUT2D eigenvalue weighted by Crippen LogP contribution is -2.43. The predicted octanol–water partition coefficient (Wildman–Crippen LogP) is 8.53. The molecule has 67 heavy (non-hydrogen) atoms. The van der Waals surface area contributed by atoms with Gasteiger partial charge in [-0.2, -0.15) is 10.2 Å². The Hall–Kier alpha value is -6.59. The third-order valence-electron chi connectivity index (χ3n) is 10.7. The van der Waals surface area contributed by atoms with Crippen molar-refractivity contribution in [1.82, 2.24) is 35.1 Å². The van der Waals surface area contributed by atoms with Crippen LogP contribution in [-0.4, -0.2) is 84.6 Å². The summed E-state index contributed by atoms with van der Waals surface area (Å²) < 4.78 is 45.9. The summed E-state index contributed by atoms with van der Waals surface area (Å²) >= 11 is 11.4. The van der Waals surface area contributed by atoms with Crippen LogP contribution in [0.1, 0.15) is 85.8 Å². The normalized spacial score (nSPS) is 12.9. The van der Waals surface area contributed by atoms with E-state index in [4.69, 9.17) is 29.7 Å². The molecule has 0 aliphatic heterocycles. The van der Waals surface area contributed by atoms with E-state index in [9.17, 15) is 41.9 Å². The Kier molecular flexibility index (Phi) is 18.0. The summed E-state index contributed by atoms with van der Waals surface area (Å²) in [6.07, 6.45) is 5.62. The molecule has 0 atom stereocenters. The zero-order valence-corrected chi connectivity index (χ0v) is 38.3. The van der Waals surface area contributed by atoms with Crippen molar-refractivity contribution >= 4 is 80.3 Å². The summed E-state index contributed by atoms with van der Waals surface area (Å²) in [5.41, 5.74) is 2.68. The number of Topliss-reactive ketones (excluding diaryl/α,β-unsaturated/α-hetero) is 2. The maximum atomic E-state index is 14.0. The van der Waals surface area contributed by atoms with Crippen molar-refractivity contribution in [2.45, 2.75) is 84.6 Å². The molecule has 0 unspecified atom stereocenters. The number of nitrogens with zero attached hydrogens (tertiary/aromatic N) is 5. The zero-order chi connectivity index (χ0) is 49.5. The molecule has 2 heterocycles. The monoisotopic (exact) mass is 964 g/mol. The van der Waals surface area contributed by atoms with Crippen LogP contribution < -0.4 is 10.6 Å². The molecule has 14 nitrogen and oxygen atoms in total. The minimum Gasteiger partial charge on any atom is -0.480 e. The van der Waals surface area contributed by atoms with Gasteiger partial charge in [-0.15, -0.1) is 0 Å². The number of hydrogen-bond acceptors (Lipinski definition) is 8. The highest BCUT2D eigenvalue weighted by Crippen LogP contribution is 2.33. The van der Waals surface area contributed by atoms with Gasteiger partial charge in [-0.1, -0.05) is 96.7 Å². The zero-order valence-electron chi connectivity index (χ0n) is 37.7. The lowest BCUT2D eigenvalue weighted by Gasteiger charge is -2.22. The number of hydrogen-bond donors (Lipinski definition) is 3. The van der Waals surface area contributed by atoms with Crippen LogP contribution in [0.15, 0.2) is 84.9 Å². The molecule has 2 saturated carbocycles. The molecule has 3 N–H and O–H groups in total. The van der Waals surface area contributed by atoms with E-state index in [0.29, 0.717) is 45.2 Å². The topological polar surface area (TPSA) is 186 Å². The summed E-state index contributed by atoms with van der Waals surface area (Å²) in [4.78, 5) is 72.5. The number of alkyl halides is 1. The number of aromatic nitrogens is 4. The van der Waals surface area contributed by atoms with Gasteiger partial charge in [-0.3, -0.25) is 42.5 Å². The smallest absolute Gasteiger partial charge is 0.325 e. The van der Waals surface area contributed by atoms with Crippen LogP contribution in [0.2, 0.25) is 10.0 Å². The minimum atomic E-state index is -1.00. The van der Waals surface area contributed by atoms with E-state index in [1.54, 1.807) is 60.7 Å². The van der Waals surface area contributed by atoms with Crippen LogP contribution in [0, 0.1) is 17.6 Å². The Morgan fingerprint density at radius 3 is 1.63 bits per heavy atom. The quantitative estimate of drug-likeness (QED) is 0.0800. The fraction of sp³-hybridized carbons (Fsp3) is 0.333. The molecule has 2 aliphatic carbocycles. The number of benzene rings is 4. The van der Waals surface area contributed by atoms with E-state index in [0.717, 1.165) is 25.2 Å². The predicted molar refractivity (Wildman–Crippen MR) is 247 cm³/mol. The Morgan fingerprint density at radius 1 is 0.716 bits per heavy atom. The SMILES string of the molecule is CC(=O)c1nn(CC(=O)N(CC(=O)NCc2cccc(Cl)c2F)C2CC2)c2ccccc12.CC(=O)c1nn(CC(=O)O)c2ccccc12.O=C(CCC1CC1)NCc1cccc(Cl)c1F.[2H]CF. The first-order valence-corrected chi connectivity index (χ1v) is 22.0. The van der Waals surface area contributed by atoms with Crippen molar-refractivity contribution in [2.75, 3.05) is 13.7 Å². The highest BCUT2D eigenvalue weighted by atomic mass is 35.5. The number of aliphatic carboxylic acids is 1. The summed E-state index contributed by atoms with van der Waals surface area (Å²) in [6, 6.07) is 23.7. The Balaban J connectivity index is 0.000000202. The highest BCUT2D eigenvalue weighted by Gasteiger charge is 2.34. The Bertz CT molecular complexity index is 2780. The first-order valence-electron chi connectivity index (χ1n) is 21.9. The van der Waals surface area contributed by atoms with E-state index in [1.165, 1.54) is 53.1 Å². The maximum absolute atomic E-state index is 14.0. The van der Waals surface area contributed by atoms with Crippen LogP contribution in [0.5, 0.6) is 0 Å². The van der Waals surface area contributed by atoms with Crippen molar-refractivity contribution in [3.63, 3.8) is 0 Å². The lowest BCUT2D eigenvalue weighted by molar-refractivity contribution is -0.138. The molecule has 0 spiro atoms. The van der Waals surface area contributed by atoms with Gasteiger partial charge in [0.15, 0.2) is 11.6 Å². The first kappa shape index (κ1) is 49.8. The third-order valence-corrected chi connectivity index (χ3v) is 11.3. The summed E-state index contributed by atoms with van der Waals surface area (Å²) in [7, 11) is -1.00. The van der Waals surface area contributed by atoms with E-state index < -0.39 is 24.8 Å². The lowest BCUT2D eigenvalue weighted by atomic mass is 10.2. The minimum absolute atomic E-state index is 0.00902. The molecule has 354 valence electrons. The number of carboxylic acids is 1. The van der Waals surface area contributed by atoms with Gasteiger partial charge < -0.3 is 20.6 Å². The molecular weight excluding hydrogens is 914 g/mol. The second-order valence-electron chi connectivity index (χ2n) is 15.8. The summed E-state index contributed by atoms with van der Waals surface area (Å²) in [5.74, 6) is -2.28. The van der Waals surface area contributed by atoms with Crippen molar-refractivity contribution < 1.29 is 48.4 Å². The average Bonchev–Trinajstić information content (AvgIpc) is 4.25. The van der Waals surface area contributed by atoms with Crippen LogP contribution >= 0.6 is 23.2 Å². The standard InChI is InChI=1S/C23H22ClFN4O3.C13H15ClFNO.C11H10N2O3.CH3F/c1-14(30)23-17-6-2-3-8-19(17)29(27-23)13-21(32)28(16-9-10-16)12-20(31)26-11-15-5-4-7-18(24)22(15)25;14-11-3-1-2-10(13(11)15)8-16-12(17)7-6-9-4-5-9;1-7(14)11-8-4-2-3-5-9(8)13(12-11)6-10(15)16;1-2/h2-8,16H,9-13H2,1H3,(H,26,31);1-3,9H,4-8H2,(H,16,17);2-5H,6H2,1H3,(H,15,16);1H3/i;;;1D. The first-order chi connectivity index (χ1) is 32.5. The fourth-order valence-corrected chi connectivity index (χ4v) is 7.36. The molecule has 4 aromatic carbocycles. The molecular formula is C48H50Cl2F3N7O7. The van der Waals surface area contributed by atoms with Gasteiger partial charge in [0.2, 0.25) is 17.7 Å². The number of ketones is 2. The van der Waals surface area contributed by atoms with Crippen molar-refractivity contribution in [3.05, 3.63) is 129 Å². The number of amides is 3. The van der Waals surface area contributed by atoms with Gasteiger partial charge in [0.25, 0.3) is 0 Å². The highest BCUT2D eigenvalue weighted by molar-refractivity contribution is 6.31. The van der Waals surface area contributed by atoms with Gasteiger partial charge in [-0.05, 0) is 49.4 Å². The Morgan fingerprint density at radius 2 is 1.18 bits per heavy atom. The number of rotatable bonds is 16. The van der Waals surface area contributed by atoms with Crippen molar-refractivity contribution in [3.8, 4) is 0 Å². The molecule has 19 heteroatoms. The summed E-state index contributed by atoms with van der Waals surface area (Å²) in [6.45, 7) is 2.57. The number of carboxylic acid groups (broad SMARTS) is 1. The van der Waals surface area contributed by atoms with Gasteiger partial charge >= 0.3 is 5.97 Å². The average molecular weight is 966 g/mol. The van der Waals surface area contributed by atoms with Crippen molar-refractivity contribution in [1.29, 1.82) is 0 Å². The number of para-hydroxylation sites is 2. The summed E-state index contributed by atoms with van der Waals surface area (Å²) in [5, 5.41) is 23.9. The molecule has 3 amide bonds. The molecule has 2 aromatic heterocycles. The number of halogens is 5. The Labute approximate surface area is 395 Å². The largest absolute Gasteiger partial charge is 0.480 e. The molecule has 0 saturated heterocycles. The van der Waals surface area contributed by atoms with Crippen LogP contribution in [0.25, 0.3) is 21.8 Å². The molecule has 2 aliphatic rings. The van der Waals surface area contributed by atoms with Crippen LogP contribution in [0.3, 0.4) is 0 Å². The maximum Gasteiger partial charge on any atom is 0.325 e.